The van der Waals surface area contributed by atoms with Crippen molar-refractivity contribution >= 4 is 56.6 Å². The lowest BCUT2D eigenvalue weighted by Gasteiger charge is -2.44. The van der Waals surface area contributed by atoms with Crippen LogP contribution < -0.4 is 87.0 Å². The van der Waals surface area contributed by atoms with Crippen molar-refractivity contribution in [2.45, 2.75) is 30.7 Å². The minimum absolute atomic E-state index is 0.0459. The van der Waals surface area contributed by atoms with Crippen LogP contribution in [0.15, 0.2) is 48.8 Å². The number of esters is 4. The van der Waals surface area contributed by atoms with Crippen LogP contribution in [0.3, 0.4) is 0 Å². The van der Waals surface area contributed by atoms with Gasteiger partial charge in [-0.3, -0.25) is 0 Å². The molecule has 0 radical (unpaired) electrons. The third-order valence-electron chi connectivity index (χ3n) is 16.0. The van der Waals surface area contributed by atoms with Gasteiger partial charge in [0.15, 0.2) is 93.3 Å². The monoisotopic (exact) mass is 1310 g/mol. The van der Waals surface area contributed by atoms with Gasteiger partial charge in [-0.1, -0.05) is 0 Å². The van der Waals surface area contributed by atoms with E-state index in [0.29, 0.717) is 0 Å². The lowest BCUT2D eigenvalue weighted by molar-refractivity contribution is -0.291. The smallest absolute Gasteiger partial charge is 0.345 e. The van der Waals surface area contributed by atoms with Crippen molar-refractivity contribution in [2.24, 2.45) is 0 Å². The number of hydrogen-bond acceptors (Lipinski definition) is 30. The molecule has 0 saturated carbocycles. The van der Waals surface area contributed by atoms with Crippen LogP contribution in [0, 0.1) is 0 Å². The highest BCUT2D eigenvalue weighted by Crippen LogP contribution is 2.59. The Hall–Kier alpha value is -11.1. The minimum atomic E-state index is -2.11. The highest BCUT2D eigenvalue weighted by atomic mass is 16.7. The molecule has 1 saturated heterocycles. The fourth-order valence-electron chi connectivity index (χ4n) is 12.1. The number of hydrogen-bond donors (Lipinski definition) is 0. The lowest BCUT2D eigenvalue weighted by Crippen LogP contribution is -2.63. The second kappa shape index (κ2) is 25.5. The van der Waals surface area contributed by atoms with Crippen LogP contribution in [-0.4, -0.2) is 175 Å². The summed E-state index contributed by atoms with van der Waals surface area (Å²) in [7, 11) is 20.0. The van der Waals surface area contributed by atoms with E-state index in [1.54, 1.807) is 0 Å². The SMILES string of the molecule is COc1cc2c(c(OC)c1OC)Oc1c(OC)cc3c(=O)oc4c(OC)c(OC)c(c5c(=O)oc1c3c45)-c1c(cc(OC)c(OC)c1OC)C(=O)O[C@H]1[C@@H]3OC(=O)c4cc(OC)c(OC)c(OC)c4-c4c(cc(OC)c(OC)c4OC)C(=O)O[C@H]3C(OC)O[C@@H]1COC2=O. The van der Waals surface area contributed by atoms with Gasteiger partial charge in [0.1, 0.15) is 18.3 Å². The number of carbonyl (C=O) groups excluding carboxylic acids is 4. The molecular formula is C64H60O30. The van der Waals surface area contributed by atoms with Crippen molar-refractivity contribution in [3.05, 3.63) is 73.4 Å². The van der Waals surface area contributed by atoms with E-state index in [0.717, 1.165) is 13.2 Å². The molecule has 30 heteroatoms. The normalized spacial score (nSPS) is 17.6. The fourth-order valence-corrected chi connectivity index (χ4v) is 12.1. The Balaban J connectivity index is 1.27. The van der Waals surface area contributed by atoms with Crippen molar-refractivity contribution in [3.63, 3.8) is 0 Å². The van der Waals surface area contributed by atoms with Gasteiger partial charge in [-0.15, -0.1) is 0 Å². The van der Waals surface area contributed by atoms with Gasteiger partial charge < -0.3 is 113 Å². The molecule has 0 N–H and O–H groups in total. The van der Waals surface area contributed by atoms with Crippen molar-refractivity contribution in [2.75, 3.05) is 120 Å². The van der Waals surface area contributed by atoms with Gasteiger partial charge in [0, 0.05) is 46.2 Å². The quantitative estimate of drug-likeness (QED) is 0.0389. The van der Waals surface area contributed by atoms with Crippen LogP contribution in [-0.2, 0) is 28.4 Å². The molecule has 1 unspecified atom stereocenters. The first-order chi connectivity index (χ1) is 45.4. The van der Waals surface area contributed by atoms with E-state index < -0.39 is 106 Å². The Kier molecular flexibility index (Phi) is 17.5. The number of ether oxygens (including phenoxy) is 22. The standard InChI is InChI=1S/C64H60O30/c1-71-28-17-23-34(48(80-10)42(28)76-6)35-24(18-29(72-2)43(77-7)49(35)81-11)62(69)94-57-56(93-61(23)68)47-33(88-64(57)86-16)22-87-58(65)27-21-31(74-4)45(79-9)54(84-14)41(27)89-46-32(75-5)20-26-37-39-40(63(70)92-52(37)46)38(51(83-13)55(85-15)53(39)91-60(26)67)36-25(59(66)90-47)19-30(73-3)44(78-8)50(36)82-12/h17-21,33,47,56-57,64H,22H2,1-16H3/t33-,47-,56+,57-,64?/m1/s1. The third kappa shape index (κ3) is 9.76. The number of rotatable bonds is 16. The minimum Gasteiger partial charge on any atom is -0.493 e. The average molecular weight is 1310 g/mol. The maximum atomic E-state index is 16.3. The Bertz CT molecular complexity index is 4520. The maximum Gasteiger partial charge on any atom is 0.345 e. The van der Waals surface area contributed by atoms with E-state index in [9.17, 15) is 4.79 Å². The van der Waals surface area contributed by atoms with E-state index >= 15 is 24.0 Å². The average Bonchev–Trinajstić information content (AvgIpc) is 0.705. The molecule has 1 fully saturated rings. The Morgan fingerprint density at radius 2 is 0.745 bits per heavy atom. The predicted octanol–water partition coefficient (Wildman–Crippen LogP) is 7.58. The third-order valence-corrected chi connectivity index (χ3v) is 16.0. The zero-order chi connectivity index (χ0) is 67.5. The first kappa shape index (κ1) is 64.4. The molecule has 94 heavy (non-hydrogen) atoms. The Morgan fingerprint density at radius 1 is 0.340 bits per heavy atom. The summed E-state index contributed by atoms with van der Waals surface area (Å²) in [6.07, 6.45) is -9.81. The second-order valence-electron chi connectivity index (χ2n) is 20.3. The topological polar surface area (TPSA) is 332 Å². The van der Waals surface area contributed by atoms with Gasteiger partial charge in [-0.25, -0.2) is 28.8 Å². The van der Waals surface area contributed by atoms with E-state index in [4.69, 9.17) is 113 Å². The van der Waals surface area contributed by atoms with Crippen molar-refractivity contribution in [3.8, 4) is 120 Å². The highest BCUT2D eigenvalue weighted by Gasteiger charge is 2.55. The number of benzene rings is 6. The molecule has 6 bridgehead atoms. The lowest BCUT2D eigenvalue weighted by atomic mass is 9.90. The van der Waals surface area contributed by atoms with Gasteiger partial charge in [-0.05, 0) is 24.3 Å². The molecule has 0 spiro atoms. The summed E-state index contributed by atoms with van der Waals surface area (Å²) in [4.78, 5) is 93.0. The highest BCUT2D eigenvalue weighted by molar-refractivity contribution is 6.27. The molecule has 2 aromatic heterocycles. The molecule has 6 heterocycles. The summed E-state index contributed by atoms with van der Waals surface area (Å²) in [6.45, 7) is -0.955. The van der Waals surface area contributed by atoms with E-state index in [-0.39, 0.29) is 141 Å². The van der Waals surface area contributed by atoms with Crippen molar-refractivity contribution < 1.29 is 132 Å². The summed E-state index contributed by atoms with van der Waals surface area (Å²) < 4.78 is 145. The first-order valence-corrected chi connectivity index (χ1v) is 27.9. The summed E-state index contributed by atoms with van der Waals surface area (Å²) in [5, 5.41) is -1.04. The molecular weight excluding hydrogens is 1250 g/mol. The summed E-state index contributed by atoms with van der Waals surface area (Å²) in [5.74, 6) is -8.77. The van der Waals surface area contributed by atoms with Crippen LogP contribution in [0.2, 0.25) is 0 Å². The summed E-state index contributed by atoms with van der Waals surface area (Å²) >= 11 is 0. The number of carbonyl (C=O) groups is 4. The first-order valence-electron chi connectivity index (χ1n) is 27.9. The molecule has 8 aromatic rings. The second-order valence-corrected chi connectivity index (χ2v) is 20.3. The van der Waals surface area contributed by atoms with Crippen LogP contribution in [0.1, 0.15) is 41.4 Å². The fraction of sp³-hybridized carbons (Fsp3) is 0.344. The zero-order valence-corrected chi connectivity index (χ0v) is 53.2. The van der Waals surface area contributed by atoms with Crippen molar-refractivity contribution in [1.82, 2.24) is 0 Å². The largest absolute Gasteiger partial charge is 0.493 e. The van der Waals surface area contributed by atoms with Gasteiger partial charge in [0.2, 0.25) is 40.2 Å². The van der Waals surface area contributed by atoms with Gasteiger partial charge in [0.05, 0.1) is 134 Å². The maximum absolute atomic E-state index is 16.3. The summed E-state index contributed by atoms with van der Waals surface area (Å²) in [5.41, 5.74) is -5.88. The van der Waals surface area contributed by atoms with E-state index in [2.05, 4.69) is 0 Å². The van der Waals surface area contributed by atoms with E-state index in [1.807, 2.05) is 0 Å². The van der Waals surface area contributed by atoms with Crippen LogP contribution in [0.25, 0.3) is 55.0 Å². The zero-order valence-electron chi connectivity index (χ0n) is 53.2. The number of methoxy groups -OCH3 is 16. The van der Waals surface area contributed by atoms with Crippen LogP contribution in [0.4, 0.5) is 0 Å². The molecule has 0 amide bonds. The molecule has 0 aliphatic carbocycles. The van der Waals surface area contributed by atoms with Gasteiger partial charge >= 0.3 is 35.1 Å². The number of fused-ring (bicyclic) bond motifs is 8. The van der Waals surface area contributed by atoms with Gasteiger partial charge in [-0.2, -0.15) is 0 Å². The molecule has 12 rings (SSSR count). The van der Waals surface area contributed by atoms with Crippen LogP contribution in [0.5, 0.6) is 97.7 Å². The van der Waals surface area contributed by atoms with Gasteiger partial charge in [0.25, 0.3) is 0 Å². The Morgan fingerprint density at radius 3 is 1.19 bits per heavy atom. The molecule has 4 aliphatic rings. The van der Waals surface area contributed by atoms with Crippen LogP contribution >= 0.6 is 0 Å². The van der Waals surface area contributed by atoms with Crippen molar-refractivity contribution in [1.29, 1.82) is 0 Å². The molecule has 6 aromatic carbocycles. The van der Waals surface area contributed by atoms with E-state index in [1.165, 1.54) is 131 Å². The molecule has 4 aliphatic heterocycles. The predicted molar refractivity (Wildman–Crippen MR) is 323 cm³/mol. The molecule has 30 nitrogen and oxygen atoms in total. The molecule has 5 atom stereocenters. The molecule has 496 valence electrons. The summed E-state index contributed by atoms with van der Waals surface area (Å²) in [6, 6.07) is 6.05. The Labute approximate surface area is 531 Å².